The minimum Gasteiger partial charge on any atom is -0.298 e. The van der Waals surface area contributed by atoms with Gasteiger partial charge in [-0.1, -0.05) is 12.1 Å². The quantitative estimate of drug-likeness (QED) is 0.797. The van der Waals surface area contributed by atoms with E-state index in [1.54, 1.807) is 18.3 Å². The van der Waals surface area contributed by atoms with Crippen molar-refractivity contribution in [2.24, 2.45) is 0 Å². The Hall–Kier alpha value is -2.21. The van der Waals surface area contributed by atoms with Gasteiger partial charge < -0.3 is 0 Å². The molecular formula is C13H12N2O3S. The van der Waals surface area contributed by atoms with E-state index in [1.807, 2.05) is 0 Å². The lowest BCUT2D eigenvalue weighted by Crippen LogP contribution is -2.26. The van der Waals surface area contributed by atoms with Gasteiger partial charge in [0, 0.05) is 18.8 Å². The summed E-state index contributed by atoms with van der Waals surface area (Å²) in [6.45, 7) is 0. The van der Waals surface area contributed by atoms with Crippen molar-refractivity contribution in [1.82, 2.24) is 4.98 Å². The Labute approximate surface area is 111 Å². The van der Waals surface area contributed by atoms with E-state index in [9.17, 15) is 13.2 Å². The van der Waals surface area contributed by atoms with Crippen LogP contribution in [0.2, 0.25) is 0 Å². The van der Waals surface area contributed by atoms with Gasteiger partial charge in [-0.05, 0) is 24.3 Å². The van der Waals surface area contributed by atoms with Crippen LogP contribution >= 0.6 is 0 Å². The number of carbonyl (C=O) groups excluding carboxylic acids is 1. The molecule has 0 aliphatic heterocycles. The SMILES string of the molecule is CN(c1cccnc1)S(=O)(=O)c1ccc(C=O)cc1. The second-order valence-corrected chi connectivity index (χ2v) is 5.84. The third kappa shape index (κ3) is 2.63. The smallest absolute Gasteiger partial charge is 0.264 e. The minimum atomic E-state index is -3.64. The number of benzene rings is 1. The molecule has 1 aromatic heterocycles. The van der Waals surface area contributed by atoms with Gasteiger partial charge in [0.2, 0.25) is 0 Å². The van der Waals surface area contributed by atoms with Crippen LogP contribution in [0.4, 0.5) is 5.69 Å². The van der Waals surface area contributed by atoms with Gasteiger partial charge in [0.15, 0.2) is 0 Å². The zero-order valence-electron chi connectivity index (χ0n) is 10.2. The molecule has 0 N–H and O–H groups in total. The highest BCUT2D eigenvalue weighted by atomic mass is 32.2. The predicted octanol–water partition coefficient (Wildman–Crippen LogP) is 1.72. The maximum atomic E-state index is 12.3. The number of hydrogen-bond acceptors (Lipinski definition) is 4. The van der Waals surface area contributed by atoms with Gasteiger partial charge in [-0.25, -0.2) is 8.42 Å². The lowest BCUT2D eigenvalue weighted by Gasteiger charge is -2.18. The van der Waals surface area contributed by atoms with E-state index in [-0.39, 0.29) is 4.90 Å². The van der Waals surface area contributed by atoms with E-state index in [0.717, 1.165) is 4.31 Å². The molecule has 0 saturated carbocycles. The summed E-state index contributed by atoms with van der Waals surface area (Å²) in [5.41, 5.74) is 0.907. The Morgan fingerprint density at radius 3 is 2.37 bits per heavy atom. The van der Waals surface area contributed by atoms with Crippen molar-refractivity contribution in [3.05, 3.63) is 54.4 Å². The number of aldehydes is 1. The maximum absolute atomic E-state index is 12.3. The number of rotatable bonds is 4. The van der Waals surface area contributed by atoms with Crippen molar-refractivity contribution in [2.75, 3.05) is 11.4 Å². The van der Waals surface area contributed by atoms with Crippen molar-refractivity contribution in [2.45, 2.75) is 4.90 Å². The second-order valence-electron chi connectivity index (χ2n) is 3.87. The summed E-state index contributed by atoms with van der Waals surface area (Å²) in [5, 5.41) is 0. The molecule has 1 aromatic carbocycles. The first-order chi connectivity index (χ1) is 9.05. The second kappa shape index (κ2) is 5.19. The number of sulfonamides is 1. The van der Waals surface area contributed by atoms with Crippen molar-refractivity contribution in [3.63, 3.8) is 0 Å². The van der Waals surface area contributed by atoms with E-state index in [0.29, 0.717) is 17.5 Å². The molecule has 0 atom stereocenters. The first-order valence-electron chi connectivity index (χ1n) is 5.50. The predicted molar refractivity (Wildman–Crippen MR) is 71.7 cm³/mol. The van der Waals surface area contributed by atoms with Gasteiger partial charge in [-0.15, -0.1) is 0 Å². The topological polar surface area (TPSA) is 67.3 Å². The van der Waals surface area contributed by atoms with Gasteiger partial charge in [0.1, 0.15) is 6.29 Å². The number of aromatic nitrogens is 1. The van der Waals surface area contributed by atoms with Gasteiger partial charge in [-0.3, -0.25) is 14.1 Å². The molecule has 0 aliphatic carbocycles. The normalized spacial score (nSPS) is 11.0. The molecule has 2 aromatic rings. The summed E-state index contributed by atoms with van der Waals surface area (Å²) in [4.78, 5) is 14.6. The molecule has 98 valence electrons. The summed E-state index contributed by atoms with van der Waals surface area (Å²) >= 11 is 0. The molecule has 0 radical (unpaired) electrons. The van der Waals surface area contributed by atoms with Crippen molar-refractivity contribution in [3.8, 4) is 0 Å². The first kappa shape index (κ1) is 13.2. The van der Waals surface area contributed by atoms with Crippen LogP contribution in [0.15, 0.2) is 53.7 Å². The third-order valence-corrected chi connectivity index (χ3v) is 4.48. The molecule has 0 unspecified atom stereocenters. The molecule has 0 fully saturated rings. The van der Waals surface area contributed by atoms with Crippen molar-refractivity contribution < 1.29 is 13.2 Å². The molecule has 0 spiro atoms. The molecule has 6 heteroatoms. The molecule has 0 amide bonds. The largest absolute Gasteiger partial charge is 0.298 e. The van der Waals surface area contributed by atoms with Crippen LogP contribution in [-0.4, -0.2) is 26.7 Å². The number of anilines is 1. The van der Waals surface area contributed by atoms with Gasteiger partial charge in [0.25, 0.3) is 10.0 Å². The molecule has 5 nitrogen and oxygen atoms in total. The van der Waals surface area contributed by atoms with E-state index in [1.165, 1.54) is 37.5 Å². The number of pyridine rings is 1. The zero-order chi connectivity index (χ0) is 13.9. The Morgan fingerprint density at radius 1 is 1.16 bits per heavy atom. The van der Waals surface area contributed by atoms with Gasteiger partial charge >= 0.3 is 0 Å². The Kier molecular flexibility index (Phi) is 3.62. The fourth-order valence-electron chi connectivity index (χ4n) is 1.56. The molecular weight excluding hydrogens is 264 g/mol. The van der Waals surface area contributed by atoms with Crippen LogP contribution in [0.25, 0.3) is 0 Å². The molecule has 1 heterocycles. The monoisotopic (exact) mass is 276 g/mol. The van der Waals surface area contributed by atoms with Crippen LogP contribution in [0.3, 0.4) is 0 Å². The van der Waals surface area contributed by atoms with Crippen LogP contribution in [-0.2, 0) is 10.0 Å². The summed E-state index contributed by atoms with van der Waals surface area (Å²) < 4.78 is 25.8. The lowest BCUT2D eigenvalue weighted by molar-refractivity contribution is 0.112. The Bertz CT molecular complexity index is 667. The summed E-state index contributed by atoms with van der Waals surface area (Å²) in [6.07, 6.45) is 3.71. The fraction of sp³-hybridized carbons (Fsp3) is 0.0769. The molecule has 0 aliphatic rings. The highest BCUT2D eigenvalue weighted by Crippen LogP contribution is 2.20. The number of nitrogens with zero attached hydrogens (tertiary/aromatic N) is 2. The van der Waals surface area contributed by atoms with Crippen LogP contribution in [0.5, 0.6) is 0 Å². The third-order valence-electron chi connectivity index (χ3n) is 2.68. The van der Waals surface area contributed by atoms with E-state index >= 15 is 0 Å². The average molecular weight is 276 g/mol. The summed E-state index contributed by atoms with van der Waals surface area (Å²) in [5.74, 6) is 0. The Balaban J connectivity index is 2.39. The highest BCUT2D eigenvalue weighted by Gasteiger charge is 2.21. The molecule has 2 rings (SSSR count). The summed E-state index contributed by atoms with van der Waals surface area (Å²) in [7, 11) is -2.18. The molecule has 0 saturated heterocycles. The fourth-order valence-corrected chi connectivity index (χ4v) is 2.74. The first-order valence-corrected chi connectivity index (χ1v) is 6.94. The Morgan fingerprint density at radius 2 is 1.84 bits per heavy atom. The van der Waals surface area contributed by atoms with E-state index in [4.69, 9.17) is 0 Å². The summed E-state index contributed by atoms with van der Waals surface area (Å²) in [6, 6.07) is 9.08. The number of carbonyl (C=O) groups is 1. The standard InChI is InChI=1S/C13H12N2O3S/c1-15(12-3-2-8-14-9-12)19(17,18)13-6-4-11(10-16)5-7-13/h2-10H,1H3. The highest BCUT2D eigenvalue weighted by molar-refractivity contribution is 7.92. The van der Waals surface area contributed by atoms with Crippen molar-refractivity contribution >= 4 is 22.0 Å². The number of hydrogen-bond donors (Lipinski definition) is 0. The molecule has 0 bridgehead atoms. The van der Waals surface area contributed by atoms with Gasteiger partial charge in [0.05, 0.1) is 16.8 Å². The lowest BCUT2D eigenvalue weighted by atomic mass is 10.2. The van der Waals surface area contributed by atoms with E-state index in [2.05, 4.69) is 4.98 Å². The van der Waals surface area contributed by atoms with Crippen LogP contribution in [0, 0.1) is 0 Å². The molecule has 19 heavy (non-hydrogen) atoms. The minimum absolute atomic E-state index is 0.129. The average Bonchev–Trinajstić information content (AvgIpc) is 2.47. The van der Waals surface area contributed by atoms with Crippen LogP contribution in [0.1, 0.15) is 10.4 Å². The zero-order valence-corrected chi connectivity index (χ0v) is 11.0. The maximum Gasteiger partial charge on any atom is 0.264 e. The van der Waals surface area contributed by atoms with E-state index < -0.39 is 10.0 Å². The van der Waals surface area contributed by atoms with Crippen molar-refractivity contribution in [1.29, 1.82) is 0 Å². The van der Waals surface area contributed by atoms with Gasteiger partial charge in [-0.2, -0.15) is 0 Å². The van der Waals surface area contributed by atoms with Crippen LogP contribution < -0.4 is 4.31 Å².